The third-order valence-corrected chi connectivity index (χ3v) is 4.57. The minimum Gasteiger partial charge on any atom is -0.338 e. The number of imide groups is 1. The zero-order valence-electron chi connectivity index (χ0n) is 12.7. The molecule has 1 aliphatic carbocycles. The van der Waals surface area contributed by atoms with Gasteiger partial charge in [0.15, 0.2) is 0 Å². The van der Waals surface area contributed by atoms with Gasteiger partial charge in [0.25, 0.3) is 5.91 Å². The van der Waals surface area contributed by atoms with Gasteiger partial charge in [0.2, 0.25) is 0 Å². The molecule has 0 aromatic heterocycles. The molecular weight excluding hydrogens is 252 g/mol. The first-order valence-corrected chi connectivity index (χ1v) is 7.91. The second-order valence-corrected chi connectivity index (χ2v) is 6.03. The van der Waals surface area contributed by atoms with E-state index in [1.807, 2.05) is 13.8 Å². The number of hydrogen-bond donors (Lipinski definition) is 1. The number of nitrogens with one attached hydrogen (secondary N) is 1. The highest BCUT2D eigenvalue weighted by atomic mass is 16.2. The smallest absolute Gasteiger partial charge is 0.324 e. The highest BCUT2D eigenvalue weighted by molar-refractivity contribution is 6.06. The van der Waals surface area contributed by atoms with Crippen molar-refractivity contribution in [2.75, 3.05) is 13.1 Å². The molecule has 1 fully saturated rings. The van der Waals surface area contributed by atoms with Crippen LogP contribution >= 0.6 is 0 Å². The van der Waals surface area contributed by atoms with Crippen molar-refractivity contribution in [3.05, 3.63) is 11.1 Å². The van der Waals surface area contributed by atoms with Crippen LogP contribution in [0.3, 0.4) is 0 Å². The maximum atomic E-state index is 12.1. The highest BCUT2D eigenvalue weighted by Crippen LogP contribution is 2.26. The van der Waals surface area contributed by atoms with Gasteiger partial charge in [-0.3, -0.25) is 9.69 Å². The molecule has 0 radical (unpaired) electrons. The lowest BCUT2D eigenvalue weighted by atomic mass is 9.87. The molecule has 0 aromatic rings. The molecule has 1 N–H and O–H groups in total. The van der Waals surface area contributed by atoms with Crippen molar-refractivity contribution in [2.45, 2.75) is 58.8 Å². The summed E-state index contributed by atoms with van der Waals surface area (Å²) in [6.07, 6.45) is 8.34. The van der Waals surface area contributed by atoms with Gasteiger partial charge in [-0.1, -0.05) is 39.0 Å². The molecule has 20 heavy (non-hydrogen) atoms. The van der Waals surface area contributed by atoms with Crippen molar-refractivity contribution in [1.29, 1.82) is 0 Å². The quantitative estimate of drug-likeness (QED) is 0.858. The van der Waals surface area contributed by atoms with Crippen LogP contribution in [0.25, 0.3) is 0 Å². The third kappa shape index (κ3) is 3.41. The predicted octanol–water partition coefficient (Wildman–Crippen LogP) is 3.24. The molecule has 0 spiro atoms. The molecule has 0 unspecified atom stereocenters. The summed E-state index contributed by atoms with van der Waals surface area (Å²) in [5.74, 6) is 0.643. The lowest BCUT2D eigenvalue weighted by Gasteiger charge is -2.22. The van der Waals surface area contributed by atoms with Crippen LogP contribution in [0.2, 0.25) is 0 Å². The van der Waals surface area contributed by atoms with Crippen molar-refractivity contribution in [3.63, 3.8) is 0 Å². The van der Waals surface area contributed by atoms with Crippen LogP contribution in [-0.4, -0.2) is 29.9 Å². The Morgan fingerprint density at radius 1 is 1.30 bits per heavy atom. The zero-order chi connectivity index (χ0) is 14.5. The molecule has 0 saturated heterocycles. The summed E-state index contributed by atoms with van der Waals surface area (Å²) in [6, 6.07) is -0.228. The van der Waals surface area contributed by atoms with E-state index in [4.69, 9.17) is 0 Å². The van der Waals surface area contributed by atoms with Crippen molar-refractivity contribution in [2.24, 2.45) is 5.92 Å². The number of amides is 3. The minimum absolute atomic E-state index is 0.111. The van der Waals surface area contributed by atoms with Gasteiger partial charge in [-0.25, -0.2) is 4.79 Å². The highest BCUT2D eigenvalue weighted by Gasteiger charge is 2.31. The van der Waals surface area contributed by atoms with E-state index in [-0.39, 0.29) is 11.9 Å². The number of hydrogen-bond acceptors (Lipinski definition) is 2. The predicted molar refractivity (Wildman–Crippen MR) is 79.3 cm³/mol. The Balaban J connectivity index is 1.74. The van der Waals surface area contributed by atoms with E-state index in [0.29, 0.717) is 19.5 Å². The van der Waals surface area contributed by atoms with E-state index in [9.17, 15) is 9.59 Å². The zero-order valence-corrected chi connectivity index (χ0v) is 12.7. The fourth-order valence-corrected chi connectivity index (χ4v) is 3.32. The molecule has 4 nitrogen and oxygen atoms in total. The first-order chi connectivity index (χ1) is 9.63. The van der Waals surface area contributed by atoms with E-state index in [0.717, 1.165) is 23.5 Å². The summed E-state index contributed by atoms with van der Waals surface area (Å²) in [7, 11) is 0. The largest absolute Gasteiger partial charge is 0.338 e. The molecule has 1 aliphatic heterocycles. The maximum absolute atomic E-state index is 12.1. The third-order valence-electron chi connectivity index (χ3n) is 4.57. The monoisotopic (exact) mass is 278 g/mol. The number of urea groups is 1. The van der Waals surface area contributed by atoms with Gasteiger partial charge in [-0.2, -0.15) is 0 Å². The molecule has 0 aromatic carbocycles. The Morgan fingerprint density at radius 2 is 2.00 bits per heavy atom. The van der Waals surface area contributed by atoms with Crippen LogP contribution < -0.4 is 5.32 Å². The summed E-state index contributed by atoms with van der Waals surface area (Å²) in [5, 5.41) is 2.91. The topological polar surface area (TPSA) is 49.4 Å². The van der Waals surface area contributed by atoms with Crippen molar-refractivity contribution in [1.82, 2.24) is 10.2 Å². The minimum atomic E-state index is -0.228. The SMILES string of the molecule is CCC1=C(C)CN(C(=O)NCCC2CCCCC2)C1=O. The van der Waals surface area contributed by atoms with E-state index >= 15 is 0 Å². The van der Waals surface area contributed by atoms with E-state index in [1.54, 1.807) is 0 Å². The average Bonchev–Trinajstić information content (AvgIpc) is 2.74. The van der Waals surface area contributed by atoms with Crippen molar-refractivity contribution in [3.8, 4) is 0 Å². The van der Waals surface area contributed by atoms with Gasteiger partial charge in [-0.05, 0) is 31.3 Å². The lowest BCUT2D eigenvalue weighted by Crippen LogP contribution is -2.42. The fraction of sp³-hybridized carbons (Fsp3) is 0.750. The van der Waals surface area contributed by atoms with Gasteiger partial charge in [-0.15, -0.1) is 0 Å². The lowest BCUT2D eigenvalue weighted by molar-refractivity contribution is -0.123. The van der Waals surface area contributed by atoms with Gasteiger partial charge >= 0.3 is 6.03 Å². The summed E-state index contributed by atoms with van der Waals surface area (Å²) in [6.45, 7) is 5.04. The standard InChI is InChI=1S/C16H26N2O2/c1-3-14-12(2)11-18(15(14)19)16(20)17-10-9-13-7-5-4-6-8-13/h13H,3-11H2,1-2H3,(H,17,20). The second-order valence-electron chi connectivity index (χ2n) is 6.03. The molecule has 1 heterocycles. The Hall–Kier alpha value is -1.32. The summed E-state index contributed by atoms with van der Waals surface area (Å²) >= 11 is 0. The number of nitrogens with zero attached hydrogens (tertiary/aromatic N) is 1. The molecule has 2 aliphatic rings. The molecule has 3 amide bonds. The van der Waals surface area contributed by atoms with Gasteiger partial charge in [0.1, 0.15) is 0 Å². The van der Waals surface area contributed by atoms with Crippen LogP contribution in [0, 0.1) is 5.92 Å². The molecule has 2 rings (SSSR count). The van der Waals surface area contributed by atoms with E-state index in [2.05, 4.69) is 5.32 Å². The molecular formula is C16H26N2O2. The first-order valence-electron chi connectivity index (χ1n) is 7.91. The normalized spacial score (nSPS) is 20.7. The van der Waals surface area contributed by atoms with Crippen molar-refractivity contribution < 1.29 is 9.59 Å². The van der Waals surface area contributed by atoms with E-state index < -0.39 is 0 Å². The van der Waals surface area contributed by atoms with Crippen LogP contribution in [0.5, 0.6) is 0 Å². The summed E-state index contributed by atoms with van der Waals surface area (Å²) in [4.78, 5) is 25.5. The van der Waals surface area contributed by atoms with E-state index in [1.165, 1.54) is 37.0 Å². The average molecular weight is 278 g/mol. The van der Waals surface area contributed by atoms with Gasteiger partial charge in [0, 0.05) is 12.1 Å². The summed E-state index contributed by atoms with van der Waals surface area (Å²) in [5.41, 5.74) is 1.83. The van der Waals surface area contributed by atoms with Crippen LogP contribution in [0.1, 0.15) is 58.8 Å². The fourth-order valence-electron chi connectivity index (χ4n) is 3.32. The van der Waals surface area contributed by atoms with Crippen molar-refractivity contribution >= 4 is 11.9 Å². The number of rotatable bonds is 4. The van der Waals surface area contributed by atoms with Crippen LogP contribution in [0.15, 0.2) is 11.1 Å². The molecule has 4 heteroatoms. The molecule has 112 valence electrons. The molecule has 1 saturated carbocycles. The number of carbonyl (C=O) groups excluding carboxylic acids is 2. The van der Waals surface area contributed by atoms with Crippen LogP contribution in [-0.2, 0) is 4.79 Å². The van der Waals surface area contributed by atoms with Gasteiger partial charge < -0.3 is 5.32 Å². The summed E-state index contributed by atoms with van der Waals surface area (Å²) < 4.78 is 0. The maximum Gasteiger partial charge on any atom is 0.324 e. The first kappa shape index (κ1) is 15.1. The second kappa shape index (κ2) is 6.91. The van der Waals surface area contributed by atoms with Gasteiger partial charge in [0.05, 0.1) is 6.54 Å². The molecule has 0 bridgehead atoms. The van der Waals surface area contributed by atoms with Crippen LogP contribution in [0.4, 0.5) is 4.79 Å². The Bertz CT molecular complexity index is 409. The molecule has 0 atom stereocenters. The number of carbonyl (C=O) groups is 2. The Kier molecular flexibility index (Phi) is 5.21. The Labute approximate surface area is 121 Å². The Morgan fingerprint density at radius 3 is 2.60 bits per heavy atom.